The van der Waals surface area contributed by atoms with Crippen LogP contribution in [-0.4, -0.2) is 63.8 Å². The van der Waals surface area contributed by atoms with Crippen molar-refractivity contribution in [1.82, 2.24) is 9.88 Å². The maximum absolute atomic E-state index is 13.6. The fraction of sp³-hybridized carbons (Fsp3) is 0.519. The molecule has 13 heteroatoms. The quantitative estimate of drug-likeness (QED) is 0.308. The van der Waals surface area contributed by atoms with Crippen LogP contribution in [0.4, 0.5) is 0 Å². The van der Waals surface area contributed by atoms with E-state index in [1.54, 1.807) is 24.8 Å². The van der Waals surface area contributed by atoms with Gasteiger partial charge in [0.25, 0.3) is 0 Å². The SMILES string of the molecule is CCOC(=O)COc1ccc(Br)cc1[C@H]1c2sc(=O)[nH]c2SC2C3CC(C4C(=O)N(CCCC(=O)O)C(=O)C34)C21. The van der Waals surface area contributed by atoms with Crippen LogP contribution in [0.2, 0.25) is 0 Å². The summed E-state index contributed by atoms with van der Waals surface area (Å²) in [5.74, 6) is -2.68. The Kier molecular flexibility index (Phi) is 7.32. The van der Waals surface area contributed by atoms with Crippen molar-refractivity contribution in [3.63, 3.8) is 0 Å². The minimum absolute atomic E-state index is 0.00149. The molecule has 3 fully saturated rings. The molecule has 2 aromatic rings. The number of aliphatic carboxylic acids is 1. The molecule has 1 aromatic heterocycles. The van der Waals surface area contributed by atoms with E-state index in [-0.39, 0.29) is 78.2 Å². The van der Waals surface area contributed by atoms with Gasteiger partial charge in [-0.25, -0.2) is 4.79 Å². The Morgan fingerprint density at radius 3 is 2.65 bits per heavy atom. The average molecular weight is 652 g/mol. The Morgan fingerprint density at radius 1 is 1.18 bits per heavy atom. The number of nitrogens with zero attached hydrogens (tertiary/aromatic N) is 1. The molecule has 6 rings (SSSR count). The van der Waals surface area contributed by atoms with E-state index in [2.05, 4.69) is 20.9 Å². The summed E-state index contributed by atoms with van der Waals surface area (Å²) >= 11 is 6.30. The predicted octanol–water partition coefficient (Wildman–Crippen LogP) is 3.48. The first-order valence-electron chi connectivity index (χ1n) is 13.2. The van der Waals surface area contributed by atoms with Crippen LogP contribution in [0.3, 0.4) is 0 Å². The Balaban J connectivity index is 1.37. The summed E-state index contributed by atoms with van der Waals surface area (Å²) in [7, 11) is 0. The van der Waals surface area contributed by atoms with E-state index in [1.807, 2.05) is 12.1 Å². The number of hydrogen-bond donors (Lipinski definition) is 2. The van der Waals surface area contributed by atoms with E-state index in [4.69, 9.17) is 14.6 Å². The molecular weight excluding hydrogens is 624 g/mol. The second-order valence-corrected chi connectivity index (χ2v) is 13.7. The van der Waals surface area contributed by atoms with Crippen LogP contribution in [0.25, 0.3) is 0 Å². The highest BCUT2D eigenvalue weighted by Crippen LogP contribution is 2.69. The molecule has 0 spiro atoms. The molecular formula is C27H27BrN2O8S2. The van der Waals surface area contributed by atoms with Gasteiger partial charge in [0.05, 0.1) is 23.5 Å². The standard InChI is InChI=1S/C27H27BrN2O8S2/c1-2-37-17(33)10-38-15-6-5-11(28)8-12(15)18-19-13-9-14(22(19)39-24-23(18)40-27(36)29-24)21-20(13)25(34)30(26(21)35)7-3-4-16(31)32/h5-6,8,13-14,18-22H,2-4,7,9-10H2,1H3,(H,29,36)(H,31,32)/t13?,14?,18-,19?,20?,21?,22?/m1/s1. The van der Waals surface area contributed by atoms with Gasteiger partial charge in [0.1, 0.15) is 5.75 Å². The number of halogens is 1. The number of esters is 1. The highest BCUT2D eigenvalue weighted by Gasteiger charge is 2.69. The highest BCUT2D eigenvalue weighted by molar-refractivity contribution is 9.10. The molecule has 2 aliphatic heterocycles. The molecule has 212 valence electrons. The van der Waals surface area contributed by atoms with Crippen molar-refractivity contribution in [2.24, 2.45) is 29.6 Å². The Bertz CT molecular complexity index is 1460. The highest BCUT2D eigenvalue weighted by atomic mass is 79.9. The molecule has 2 aliphatic carbocycles. The van der Waals surface area contributed by atoms with Gasteiger partial charge in [0.2, 0.25) is 11.8 Å². The number of carbonyl (C=O) groups excluding carboxylic acids is 3. The van der Waals surface area contributed by atoms with Crippen molar-refractivity contribution in [2.75, 3.05) is 19.8 Å². The predicted molar refractivity (Wildman–Crippen MR) is 148 cm³/mol. The average Bonchev–Trinajstić information content (AvgIpc) is 3.63. The van der Waals surface area contributed by atoms with Gasteiger partial charge < -0.3 is 19.6 Å². The number of nitrogens with one attached hydrogen (secondary N) is 1. The van der Waals surface area contributed by atoms with Crippen molar-refractivity contribution in [3.05, 3.63) is 42.8 Å². The van der Waals surface area contributed by atoms with E-state index in [0.29, 0.717) is 5.75 Å². The lowest BCUT2D eigenvalue weighted by molar-refractivity contribution is -0.145. The minimum atomic E-state index is -0.959. The number of imide groups is 1. The first-order chi connectivity index (χ1) is 19.2. The number of aromatic amines is 1. The number of carboxylic acid groups (broad SMARTS) is 1. The van der Waals surface area contributed by atoms with Crippen molar-refractivity contribution >= 4 is 62.8 Å². The van der Waals surface area contributed by atoms with Crippen molar-refractivity contribution in [1.29, 1.82) is 0 Å². The van der Waals surface area contributed by atoms with Crippen molar-refractivity contribution in [2.45, 2.75) is 42.4 Å². The molecule has 4 aliphatic rings. The summed E-state index contributed by atoms with van der Waals surface area (Å²) in [6.45, 7) is 1.82. The van der Waals surface area contributed by atoms with E-state index in [9.17, 15) is 24.0 Å². The van der Waals surface area contributed by atoms with Gasteiger partial charge >= 0.3 is 16.8 Å². The van der Waals surface area contributed by atoms with Crippen molar-refractivity contribution in [3.8, 4) is 5.75 Å². The number of aromatic nitrogens is 1. The van der Waals surface area contributed by atoms with Crippen LogP contribution in [0, 0.1) is 29.6 Å². The lowest BCUT2D eigenvalue weighted by atomic mass is 9.68. The summed E-state index contributed by atoms with van der Waals surface area (Å²) in [5, 5.41) is 9.80. The number of fused-ring (bicyclic) bond motifs is 9. The number of carbonyl (C=O) groups is 4. The van der Waals surface area contributed by atoms with Gasteiger partial charge in [-0.05, 0) is 55.7 Å². The second-order valence-electron chi connectivity index (χ2n) is 10.6. The van der Waals surface area contributed by atoms with Gasteiger partial charge in [-0.2, -0.15) is 0 Å². The van der Waals surface area contributed by atoms with Crippen LogP contribution >= 0.6 is 39.0 Å². The fourth-order valence-electron chi connectivity index (χ4n) is 7.27. The normalized spacial score (nSPS) is 29.8. The molecule has 7 atom stereocenters. The molecule has 1 saturated heterocycles. The number of thiazole rings is 1. The molecule has 10 nitrogen and oxygen atoms in total. The van der Waals surface area contributed by atoms with Crippen LogP contribution in [0.15, 0.2) is 32.5 Å². The minimum Gasteiger partial charge on any atom is -0.482 e. The zero-order chi connectivity index (χ0) is 28.3. The number of hydrogen-bond acceptors (Lipinski definition) is 9. The lowest BCUT2D eigenvalue weighted by Crippen LogP contribution is -2.42. The number of benzene rings is 1. The molecule has 0 radical (unpaired) electrons. The summed E-state index contributed by atoms with van der Waals surface area (Å²) < 4.78 is 11.8. The first kappa shape index (κ1) is 27.5. The monoisotopic (exact) mass is 650 g/mol. The van der Waals surface area contributed by atoms with Gasteiger partial charge in [-0.15, -0.1) is 11.8 Å². The van der Waals surface area contributed by atoms with Gasteiger partial charge in [-0.3, -0.25) is 24.1 Å². The molecule has 6 unspecified atom stereocenters. The third-order valence-corrected chi connectivity index (χ3v) is 11.6. The summed E-state index contributed by atoms with van der Waals surface area (Å²) in [6, 6.07) is 5.55. The van der Waals surface area contributed by atoms with Crippen LogP contribution in [0.5, 0.6) is 5.75 Å². The summed E-state index contributed by atoms with van der Waals surface area (Å²) in [4.78, 5) is 67.7. The third-order valence-electron chi connectivity index (χ3n) is 8.55. The van der Waals surface area contributed by atoms with Gasteiger partial charge in [0, 0.05) is 39.0 Å². The molecule has 2 bridgehead atoms. The molecule has 2 saturated carbocycles. The van der Waals surface area contributed by atoms with Crippen molar-refractivity contribution < 1.29 is 33.8 Å². The number of thioether (sulfide) groups is 1. The summed E-state index contributed by atoms with van der Waals surface area (Å²) in [5.41, 5.74) is 0.810. The number of likely N-dealkylation sites (tertiary alicyclic amines) is 1. The maximum Gasteiger partial charge on any atom is 0.344 e. The number of carboxylic acids is 1. The molecule has 40 heavy (non-hydrogen) atoms. The smallest absolute Gasteiger partial charge is 0.344 e. The number of rotatable bonds is 9. The van der Waals surface area contributed by atoms with E-state index >= 15 is 0 Å². The van der Waals surface area contributed by atoms with Crippen LogP contribution in [0.1, 0.15) is 42.5 Å². The molecule has 3 heterocycles. The topological polar surface area (TPSA) is 143 Å². The van der Waals surface area contributed by atoms with Gasteiger partial charge in [0.15, 0.2) is 6.61 Å². The Labute approximate surface area is 245 Å². The van der Waals surface area contributed by atoms with E-state index < -0.39 is 23.8 Å². The third kappa shape index (κ3) is 4.50. The van der Waals surface area contributed by atoms with E-state index in [0.717, 1.165) is 37.7 Å². The Morgan fingerprint density at radius 2 is 1.93 bits per heavy atom. The first-order valence-corrected chi connectivity index (χ1v) is 15.7. The number of H-pyrrole nitrogens is 1. The van der Waals surface area contributed by atoms with Crippen LogP contribution < -0.4 is 9.61 Å². The zero-order valence-electron chi connectivity index (χ0n) is 21.5. The number of ether oxygens (including phenoxy) is 2. The van der Waals surface area contributed by atoms with E-state index in [1.165, 1.54) is 4.90 Å². The lowest BCUT2D eigenvalue weighted by Gasteiger charge is -2.43. The largest absolute Gasteiger partial charge is 0.482 e. The second kappa shape index (κ2) is 10.6. The molecule has 2 amide bonds. The fourth-order valence-corrected chi connectivity index (χ4v) is 10.5. The maximum atomic E-state index is 13.6. The molecule has 1 aromatic carbocycles. The van der Waals surface area contributed by atoms with Gasteiger partial charge in [-0.1, -0.05) is 27.3 Å². The molecule has 2 N–H and O–H groups in total. The van der Waals surface area contributed by atoms with Crippen LogP contribution in [-0.2, 0) is 23.9 Å². The zero-order valence-corrected chi connectivity index (χ0v) is 24.7. The number of amides is 2. The summed E-state index contributed by atoms with van der Waals surface area (Å²) in [6.07, 6.45) is 0.859. The Hall–Kier alpha value is -2.64.